The molecule has 6 heteroatoms. The third-order valence-electron chi connectivity index (χ3n) is 3.85. The van der Waals surface area contributed by atoms with Crippen molar-refractivity contribution in [3.8, 4) is 10.8 Å². The number of benzene rings is 2. The highest BCUT2D eigenvalue weighted by molar-refractivity contribution is 7.15. The Morgan fingerprint density at radius 2 is 1.92 bits per heavy atom. The van der Waals surface area contributed by atoms with Crippen molar-refractivity contribution in [1.29, 1.82) is 0 Å². The van der Waals surface area contributed by atoms with Gasteiger partial charge in [-0.3, -0.25) is 4.79 Å². The molecule has 0 bridgehead atoms. The number of hydrogen-bond acceptors (Lipinski definition) is 5. The van der Waals surface area contributed by atoms with Crippen LogP contribution in [0.1, 0.15) is 21.1 Å². The zero-order valence-electron chi connectivity index (χ0n) is 13.5. The fourth-order valence-corrected chi connectivity index (χ4v) is 3.44. The highest BCUT2D eigenvalue weighted by Gasteiger charge is 2.13. The fraction of sp³-hybridized carbons (Fsp3) is 0.105. The van der Waals surface area contributed by atoms with E-state index < -0.39 is 0 Å². The molecule has 0 unspecified atom stereocenters. The summed E-state index contributed by atoms with van der Waals surface area (Å²) in [5, 5.41) is 12.8. The molecule has 0 aliphatic heterocycles. The van der Waals surface area contributed by atoms with Crippen molar-refractivity contribution in [3.63, 3.8) is 0 Å². The Morgan fingerprint density at radius 1 is 1.08 bits per heavy atom. The molecule has 4 aromatic rings. The molecule has 0 spiro atoms. The minimum atomic E-state index is -0.163. The number of carbonyl (C=O) groups is 1. The van der Waals surface area contributed by atoms with E-state index in [1.54, 1.807) is 11.3 Å². The minimum Gasteiger partial charge on any atom is -0.418 e. The molecule has 0 saturated carbocycles. The Hall–Kier alpha value is -2.99. The van der Waals surface area contributed by atoms with Crippen LogP contribution >= 0.6 is 11.3 Å². The van der Waals surface area contributed by atoms with Gasteiger partial charge in [-0.2, -0.15) is 0 Å². The number of fused-ring (bicyclic) bond motifs is 1. The Labute approximate surface area is 148 Å². The first kappa shape index (κ1) is 15.5. The van der Waals surface area contributed by atoms with Gasteiger partial charge in [0.2, 0.25) is 5.89 Å². The van der Waals surface area contributed by atoms with Gasteiger partial charge in [-0.15, -0.1) is 21.5 Å². The lowest BCUT2D eigenvalue weighted by atomic mass is 10.0. The summed E-state index contributed by atoms with van der Waals surface area (Å²) in [5.74, 6) is 0.700. The quantitative estimate of drug-likeness (QED) is 0.600. The van der Waals surface area contributed by atoms with Crippen LogP contribution in [0.25, 0.3) is 21.5 Å². The number of hydrogen-bond donors (Lipinski definition) is 1. The molecule has 0 saturated heterocycles. The number of aryl methyl sites for hydroxylation is 1. The first-order valence-corrected chi connectivity index (χ1v) is 8.67. The van der Waals surface area contributed by atoms with Crippen LogP contribution in [0.4, 0.5) is 0 Å². The molecule has 1 amide bonds. The summed E-state index contributed by atoms with van der Waals surface area (Å²) in [4.78, 5) is 14.6. The Kier molecular flexibility index (Phi) is 4.03. The van der Waals surface area contributed by atoms with Gasteiger partial charge in [0, 0.05) is 10.4 Å². The van der Waals surface area contributed by atoms with Crippen LogP contribution in [-0.2, 0) is 6.54 Å². The van der Waals surface area contributed by atoms with E-state index in [2.05, 4.69) is 15.5 Å². The van der Waals surface area contributed by atoms with E-state index in [0.29, 0.717) is 17.3 Å². The van der Waals surface area contributed by atoms with Crippen molar-refractivity contribution < 1.29 is 9.21 Å². The van der Waals surface area contributed by atoms with Crippen LogP contribution in [0.3, 0.4) is 0 Å². The standard InChI is InChI=1S/C19H15N3O2S/c1-12-9-10-16(25-12)19-22-21-17(24-19)11-20-18(23)15-8-4-6-13-5-2-3-7-14(13)15/h2-10H,11H2,1H3,(H,20,23). The maximum absolute atomic E-state index is 12.5. The maximum atomic E-state index is 12.5. The monoisotopic (exact) mass is 349 g/mol. The van der Waals surface area contributed by atoms with Gasteiger partial charge in [0.25, 0.3) is 11.8 Å². The molecule has 0 fully saturated rings. The molecule has 1 N–H and O–H groups in total. The molecular weight excluding hydrogens is 334 g/mol. The summed E-state index contributed by atoms with van der Waals surface area (Å²) >= 11 is 1.59. The van der Waals surface area contributed by atoms with Crippen LogP contribution in [0.5, 0.6) is 0 Å². The second-order valence-corrected chi connectivity index (χ2v) is 6.91. The van der Waals surface area contributed by atoms with Crippen LogP contribution in [0, 0.1) is 6.92 Å². The van der Waals surface area contributed by atoms with Gasteiger partial charge in [-0.25, -0.2) is 0 Å². The molecule has 2 heterocycles. The molecule has 124 valence electrons. The van der Waals surface area contributed by atoms with Crippen molar-refractivity contribution >= 4 is 28.0 Å². The molecule has 25 heavy (non-hydrogen) atoms. The number of thiophene rings is 1. The average Bonchev–Trinajstić information content (AvgIpc) is 3.28. The number of nitrogens with one attached hydrogen (secondary N) is 1. The summed E-state index contributed by atoms with van der Waals surface area (Å²) in [5.41, 5.74) is 0.631. The molecule has 0 radical (unpaired) electrons. The molecule has 0 aliphatic rings. The van der Waals surface area contributed by atoms with Gasteiger partial charge >= 0.3 is 0 Å². The Bertz CT molecular complexity index is 1050. The topological polar surface area (TPSA) is 68.0 Å². The third kappa shape index (κ3) is 3.16. The molecule has 4 rings (SSSR count). The number of aromatic nitrogens is 2. The number of amides is 1. The second-order valence-electron chi connectivity index (χ2n) is 5.62. The van der Waals surface area contributed by atoms with Gasteiger partial charge in [0.05, 0.1) is 11.4 Å². The van der Waals surface area contributed by atoms with Crippen LogP contribution in [0.2, 0.25) is 0 Å². The largest absolute Gasteiger partial charge is 0.418 e. The molecular formula is C19H15N3O2S. The van der Waals surface area contributed by atoms with E-state index in [-0.39, 0.29) is 12.5 Å². The van der Waals surface area contributed by atoms with Crippen molar-refractivity contribution in [3.05, 3.63) is 70.9 Å². The fourth-order valence-electron chi connectivity index (χ4n) is 2.65. The summed E-state index contributed by atoms with van der Waals surface area (Å²) in [6, 6.07) is 17.4. The lowest BCUT2D eigenvalue weighted by Gasteiger charge is -2.06. The molecule has 2 aromatic heterocycles. The Morgan fingerprint density at radius 3 is 2.76 bits per heavy atom. The highest BCUT2D eigenvalue weighted by Crippen LogP contribution is 2.26. The number of carbonyl (C=O) groups excluding carboxylic acids is 1. The molecule has 0 aliphatic carbocycles. The van der Waals surface area contributed by atoms with E-state index in [1.165, 1.54) is 4.88 Å². The Balaban J connectivity index is 1.49. The van der Waals surface area contributed by atoms with Crippen molar-refractivity contribution in [2.45, 2.75) is 13.5 Å². The highest BCUT2D eigenvalue weighted by atomic mass is 32.1. The van der Waals surface area contributed by atoms with E-state index in [1.807, 2.05) is 61.5 Å². The molecule has 5 nitrogen and oxygen atoms in total. The van der Waals surface area contributed by atoms with Crippen LogP contribution in [-0.4, -0.2) is 16.1 Å². The van der Waals surface area contributed by atoms with Gasteiger partial charge in [-0.1, -0.05) is 36.4 Å². The van der Waals surface area contributed by atoms with Crippen molar-refractivity contribution in [2.75, 3.05) is 0 Å². The van der Waals surface area contributed by atoms with Crippen molar-refractivity contribution in [2.24, 2.45) is 0 Å². The van der Waals surface area contributed by atoms with E-state index in [9.17, 15) is 4.79 Å². The lowest BCUT2D eigenvalue weighted by molar-refractivity contribution is 0.0949. The maximum Gasteiger partial charge on any atom is 0.257 e. The van der Waals surface area contributed by atoms with Gasteiger partial charge < -0.3 is 9.73 Å². The van der Waals surface area contributed by atoms with Crippen LogP contribution < -0.4 is 5.32 Å². The van der Waals surface area contributed by atoms with Gasteiger partial charge in [0.15, 0.2) is 0 Å². The summed E-state index contributed by atoms with van der Waals surface area (Å²) in [7, 11) is 0. The smallest absolute Gasteiger partial charge is 0.257 e. The van der Waals surface area contributed by atoms with Gasteiger partial charge in [-0.05, 0) is 35.9 Å². The van der Waals surface area contributed by atoms with E-state index in [4.69, 9.17) is 4.42 Å². The predicted molar refractivity (Wildman–Crippen MR) is 97.5 cm³/mol. The first-order valence-electron chi connectivity index (χ1n) is 7.86. The summed E-state index contributed by atoms with van der Waals surface area (Å²) in [6.45, 7) is 2.22. The lowest BCUT2D eigenvalue weighted by Crippen LogP contribution is -2.23. The summed E-state index contributed by atoms with van der Waals surface area (Å²) in [6.07, 6.45) is 0. The third-order valence-corrected chi connectivity index (χ3v) is 4.84. The zero-order chi connectivity index (χ0) is 17.2. The van der Waals surface area contributed by atoms with Gasteiger partial charge in [0.1, 0.15) is 0 Å². The first-order chi connectivity index (χ1) is 12.2. The van der Waals surface area contributed by atoms with E-state index >= 15 is 0 Å². The number of nitrogens with zero attached hydrogens (tertiary/aromatic N) is 2. The second kappa shape index (κ2) is 6.49. The SMILES string of the molecule is Cc1ccc(-c2nnc(CNC(=O)c3cccc4ccccc34)o2)s1. The van der Waals surface area contributed by atoms with Crippen LogP contribution in [0.15, 0.2) is 59.0 Å². The normalized spacial score (nSPS) is 10.9. The van der Waals surface area contributed by atoms with E-state index in [0.717, 1.165) is 15.6 Å². The minimum absolute atomic E-state index is 0.163. The summed E-state index contributed by atoms with van der Waals surface area (Å²) < 4.78 is 5.63. The number of rotatable bonds is 4. The van der Waals surface area contributed by atoms with Crippen molar-refractivity contribution in [1.82, 2.24) is 15.5 Å². The average molecular weight is 349 g/mol. The predicted octanol–water partition coefficient (Wildman–Crippen LogP) is 4.19. The zero-order valence-corrected chi connectivity index (χ0v) is 14.3. The molecule has 2 aromatic carbocycles. The molecule has 0 atom stereocenters.